The van der Waals surface area contributed by atoms with Crippen LogP contribution in [0.2, 0.25) is 5.02 Å². The zero-order valence-electron chi connectivity index (χ0n) is 19.6. The molecule has 8 heteroatoms. The van der Waals surface area contributed by atoms with Gasteiger partial charge in [0.2, 0.25) is 11.9 Å². The Morgan fingerprint density at radius 1 is 1.11 bits per heavy atom. The number of hydrogen-bond acceptors (Lipinski definition) is 5. The monoisotopic (exact) mass is 489 g/mol. The van der Waals surface area contributed by atoms with Gasteiger partial charge in [0.1, 0.15) is 0 Å². The Labute approximate surface area is 209 Å². The molecule has 1 aliphatic heterocycles. The molecule has 0 radical (unpaired) electrons. The molecule has 0 unspecified atom stereocenters. The van der Waals surface area contributed by atoms with Crippen LogP contribution < -0.4 is 16.0 Å². The maximum absolute atomic E-state index is 12.7. The van der Waals surface area contributed by atoms with Crippen molar-refractivity contribution < 1.29 is 9.59 Å². The lowest BCUT2D eigenvalue weighted by atomic mass is 9.84. The predicted octanol–water partition coefficient (Wildman–Crippen LogP) is 5.73. The number of rotatable bonds is 5. The lowest BCUT2D eigenvalue weighted by Crippen LogP contribution is -2.38. The molecule has 1 aliphatic carbocycles. The fourth-order valence-corrected chi connectivity index (χ4v) is 5.07. The number of carbonyl (C=O) groups is 2. The van der Waals surface area contributed by atoms with E-state index in [0.29, 0.717) is 33.8 Å². The molecule has 3 N–H and O–H groups in total. The van der Waals surface area contributed by atoms with Gasteiger partial charge in [0, 0.05) is 39.6 Å². The number of halogens is 1. The average molecular weight is 490 g/mol. The van der Waals surface area contributed by atoms with Gasteiger partial charge >= 0.3 is 0 Å². The molecule has 35 heavy (non-hydrogen) atoms. The number of fused-ring (bicyclic) bond motifs is 3. The molecule has 1 fully saturated rings. The topological polar surface area (TPSA) is 96.0 Å². The molecule has 3 aromatic rings. The number of aromatic nitrogens is 2. The number of nitrogens with one attached hydrogen (secondary N) is 3. The molecule has 2 heterocycles. The Bertz CT molecular complexity index is 1250. The van der Waals surface area contributed by atoms with Crippen LogP contribution in [0.3, 0.4) is 0 Å². The summed E-state index contributed by atoms with van der Waals surface area (Å²) in [7, 11) is 0. The van der Waals surface area contributed by atoms with Crippen LogP contribution in [-0.4, -0.2) is 27.8 Å². The minimum absolute atomic E-state index is 0.0525. The van der Waals surface area contributed by atoms with Crippen LogP contribution in [0.15, 0.2) is 48.7 Å². The molecular weight excluding hydrogens is 462 g/mol. The van der Waals surface area contributed by atoms with E-state index in [4.69, 9.17) is 11.6 Å². The van der Waals surface area contributed by atoms with Crippen molar-refractivity contribution >= 4 is 40.7 Å². The fraction of sp³-hybridized carbons (Fsp3) is 0.333. The van der Waals surface area contributed by atoms with E-state index in [1.165, 1.54) is 32.1 Å². The fourth-order valence-electron chi connectivity index (χ4n) is 4.90. The van der Waals surface area contributed by atoms with E-state index < -0.39 is 0 Å². The van der Waals surface area contributed by atoms with Gasteiger partial charge in [-0.2, -0.15) is 0 Å². The van der Waals surface area contributed by atoms with E-state index in [2.05, 4.69) is 32.8 Å². The summed E-state index contributed by atoms with van der Waals surface area (Å²) in [5.41, 5.74) is 4.23. The maximum atomic E-state index is 12.7. The minimum Gasteiger partial charge on any atom is -0.349 e. The van der Waals surface area contributed by atoms with E-state index >= 15 is 0 Å². The van der Waals surface area contributed by atoms with Crippen LogP contribution in [0.4, 0.5) is 17.3 Å². The highest BCUT2D eigenvalue weighted by Gasteiger charge is 2.23. The molecule has 0 spiro atoms. The maximum Gasteiger partial charge on any atom is 0.251 e. The van der Waals surface area contributed by atoms with Crippen molar-refractivity contribution in [2.45, 2.75) is 51.5 Å². The normalized spacial score (nSPS) is 16.3. The molecule has 0 saturated heterocycles. The van der Waals surface area contributed by atoms with E-state index in [9.17, 15) is 9.59 Å². The average Bonchev–Trinajstić information content (AvgIpc) is 2.99. The van der Waals surface area contributed by atoms with Crippen LogP contribution in [0.1, 0.15) is 54.9 Å². The predicted molar refractivity (Wildman–Crippen MR) is 138 cm³/mol. The smallest absolute Gasteiger partial charge is 0.251 e. The zero-order chi connectivity index (χ0) is 24.4. The van der Waals surface area contributed by atoms with Crippen LogP contribution in [0.5, 0.6) is 0 Å². The Balaban J connectivity index is 1.30. The van der Waals surface area contributed by atoms with Crippen molar-refractivity contribution in [3.63, 3.8) is 0 Å². The molecule has 1 atom stereocenters. The molecule has 2 aliphatic rings. The van der Waals surface area contributed by atoms with Crippen molar-refractivity contribution in [2.24, 2.45) is 5.92 Å². The zero-order valence-corrected chi connectivity index (χ0v) is 20.4. The summed E-state index contributed by atoms with van der Waals surface area (Å²) in [5, 5.41) is 9.79. The van der Waals surface area contributed by atoms with Crippen LogP contribution in [0, 0.1) is 5.92 Å². The molecular formula is C27H28ClN5O2. The van der Waals surface area contributed by atoms with Crippen LogP contribution >= 0.6 is 11.6 Å². The van der Waals surface area contributed by atoms with Gasteiger partial charge in [-0.15, -0.1) is 0 Å². The number of nitrogens with zero attached hydrogens (tertiary/aromatic N) is 2. The first kappa shape index (κ1) is 23.3. The van der Waals surface area contributed by atoms with Crippen molar-refractivity contribution in [1.29, 1.82) is 0 Å². The third-order valence-electron chi connectivity index (χ3n) is 6.85. The van der Waals surface area contributed by atoms with E-state index in [1.807, 2.05) is 18.2 Å². The molecule has 2 aromatic carbocycles. The molecule has 0 bridgehead atoms. The van der Waals surface area contributed by atoms with Gasteiger partial charge in [0.25, 0.3) is 5.91 Å². The quantitative estimate of drug-likeness (QED) is 0.425. The van der Waals surface area contributed by atoms with E-state index in [1.54, 1.807) is 30.5 Å². The highest BCUT2D eigenvalue weighted by Crippen LogP contribution is 2.35. The van der Waals surface area contributed by atoms with E-state index in [0.717, 1.165) is 16.8 Å². The summed E-state index contributed by atoms with van der Waals surface area (Å²) in [5.74, 6) is 0.777. The Kier molecular flexibility index (Phi) is 6.68. The standard InChI is InChI=1S/C27H28ClN5O2/c1-16(17-5-3-2-4-6-17)30-26(35)18-7-10-21(11-8-18)31-27-29-15-19-13-24(34)32-23-14-20(28)9-12-22(23)25(19)33-27/h7-12,14-17H,2-6,13H2,1H3,(H,30,35)(H,32,34)(H,29,31,33)/t16-/m1/s1. The summed E-state index contributed by atoms with van der Waals surface area (Å²) < 4.78 is 0. The number of carbonyl (C=O) groups excluding carboxylic acids is 2. The summed E-state index contributed by atoms with van der Waals surface area (Å²) >= 11 is 6.12. The lowest BCUT2D eigenvalue weighted by Gasteiger charge is -2.28. The lowest BCUT2D eigenvalue weighted by molar-refractivity contribution is -0.115. The molecule has 1 saturated carbocycles. The first-order valence-electron chi connectivity index (χ1n) is 12.1. The number of hydrogen-bond donors (Lipinski definition) is 3. The second-order valence-corrected chi connectivity index (χ2v) is 9.78. The summed E-state index contributed by atoms with van der Waals surface area (Å²) in [6.07, 6.45) is 8.03. The molecule has 180 valence electrons. The van der Waals surface area contributed by atoms with Crippen molar-refractivity contribution in [1.82, 2.24) is 15.3 Å². The minimum atomic E-state index is -0.136. The summed E-state index contributed by atoms with van der Waals surface area (Å²) in [4.78, 5) is 34.1. The summed E-state index contributed by atoms with van der Waals surface area (Å²) in [6, 6.07) is 12.8. The molecule has 2 amide bonds. The van der Waals surface area contributed by atoms with Gasteiger partial charge < -0.3 is 16.0 Å². The van der Waals surface area contributed by atoms with Gasteiger partial charge in [0.05, 0.1) is 17.8 Å². The first-order valence-corrected chi connectivity index (χ1v) is 12.5. The van der Waals surface area contributed by atoms with Crippen LogP contribution in [-0.2, 0) is 11.2 Å². The van der Waals surface area contributed by atoms with Crippen LogP contribution in [0.25, 0.3) is 11.3 Å². The molecule has 7 nitrogen and oxygen atoms in total. The van der Waals surface area contributed by atoms with Crippen molar-refractivity contribution in [2.75, 3.05) is 10.6 Å². The van der Waals surface area contributed by atoms with Gasteiger partial charge in [-0.05, 0) is 68.1 Å². The van der Waals surface area contributed by atoms with E-state index in [-0.39, 0.29) is 24.3 Å². The molecule has 5 rings (SSSR count). The second kappa shape index (κ2) is 10.0. The van der Waals surface area contributed by atoms with Gasteiger partial charge in [-0.3, -0.25) is 9.59 Å². The second-order valence-electron chi connectivity index (χ2n) is 9.34. The number of amides is 2. The Morgan fingerprint density at radius 2 is 1.89 bits per heavy atom. The summed E-state index contributed by atoms with van der Waals surface area (Å²) in [6.45, 7) is 2.11. The van der Waals surface area contributed by atoms with Crippen molar-refractivity contribution in [3.05, 3.63) is 64.8 Å². The largest absolute Gasteiger partial charge is 0.349 e. The van der Waals surface area contributed by atoms with Gasteiger partial charge in [0.15, 0.2) is 0 Å². The molecule has 1 aromatic heterocycles. The van der Waals surface area contributed by atoms with Gasteiger partial charge in [-0.25, -0.2) is 9.97 Å². The number of anilines is 3. The Hall–Kier alpha value is -3.45. The highest BCUT2D eigenvalue weighted by atomic mass is 35.5. The third-order valence-corrected chi connectivity index (χ3v) is 7.08. The number of benzene rings is 2. The van der Waals surface area contributed by atoms with Gasteiger partial charge in [-0.1, -0.05) is 30.9 Å². The first-order chi connectivity index (χ1) is 17.0. The Morgan fingerprint density at radius 3 is 2.66 bits per heavy atom. The SMILES string of the molecule is C[C@@H](NC(=O)c1ccc(Nc2ncc3c(n2)-c2ccc(Cl)cc2NC(=O)C3)cc1)C1CCCCC1. The highest BCUT2D eigenvalue weighted by molar-refractivity contribution is 6.31. The van der Waals surface area contributed by atoms with Crippen molar-refractivity contribution in [3.8, 4) is 11.3 Å². The third kappa shape index (κ3) is 5.30.